The van der Waals surface area contributed by atoms with Crippen molar-refractivity contribution in [1.82, 2.24) is 10.9 Å². The summed E-state index contributed by atoms with van der Waals surface area (Å²) in [6.45, 7) is 3.28. The van der Waals surface area contributed by atoms with Crippen LogP contribution in [0, 0.1) is 17.0 Å². The number of aryl methyl sites for hydroxylation is 2. The molecule has 0 aliphatic rings. The molecule has 0 saturated heterocycles. The topological polar surface area (TPSA) is 111 Å². The summed E-state index contributed by atoms with van der Waals surface area (Å²) >= 11 is 0. The molecule has 0 aliphatic carbocycles. The van der Waals surface area contributed by atoms with Gasteiger partial charge in [-0.15, -0.1) is 0 Å². The molecule has 0 bridgehead atoms. The van der Waals surface area contributed by atoms with Crippen molar-refractivity contribution >= 4 is 17.5 Å². The highest BCUT2D eigenvalue weighted by atomic mass is 16.6. The van der Waals surface area contributed by atoms with E-state index in [0.29, 0.717) is 11.3 Å². The first kappa shape index (κ1) is 18.9. The largest absolute Gasteiger partial charge is 0.483 e. The van der Waals surface area contributed by atoms with E-state index in [-0.39, 0.29) is 17.9 Å². The van der Waals surface area contributed by atoms with Crippen LogP contribution >= 0.6 is 0 Å². The number of benzene rings is 2. The second-order valence-electron chi connectivity index (χ2n) is 5.51. The summed E-state index contributed by atoms with van der Waals surface area (Å²) in [5.74, 6) is -0.605. The molecule has 2 aromatic carbocycles. The van der Waals surface area contributed by atoms with Gasteiger partial charge < -0.3 is 4.74 Å². The predicted octanol–water partition coefficient (Wildman–Crippen LogP) is 2.31. The molecule has 2 aromatic rings. The second-order valence-corrected chi connectivity index (χ2v) is 5.51. The molecule has 0 saturated carbocycles. The lowest BCUT2D eigenvalue weighted by Gasteiger charge is -2.11. The number of ether oxygens (including phenoxy) is 1. The van der Waals surface area contributed by atoms with Gasteiger partial charge in [0.1, 0.15) is 5.75 Å². The summed E-state index contributed by atoms with van der Waals surface area (Å²) in [6.07, 6.45) is 0.765. The van der Waals surface area contributed by atoms with E-state index in [1.54, 1.807) is 19.1 Å². The minimum Gasteiger partial charge on any atom is -0.483 e. The molecule has 136 valence electrons. The van der Waals surface area contributed by atoms with Crippen molar-refractivity contribution in [2.24, 2.45) is 0 Å². The van der Waals surface area contributed by atoms with Crippen molar-refractivity contribution in [3.8, 4) is 5.75 Å². The van der Waals surface area contributed by atoms with Crippen LogP contribution in [0.15, 0.2) is 42.5 Å². The molecule has 0 spiro atoms. The predicted molar refractivity (Wildman–Crippen MR) is 94.8 cm³/mol. The average molecular weight is 357 g/mol. The molecule has 0 heterocycles. The lowest BCUT2D eigenvalue weighted by molar-refractivity contribution is -0.385. The van der Waals surface area contributed by atoms with Crippen LogP contribution in [0.25, 0.3) is 0 Å². The molecular formula is C18H19N3O5. The molecule has 0 fully saturated rings. The molecule has 2 amide bonds. The third kappa shape index (κ3) is 4.79. The summed E-state index contributed by atoms with van der Waals surface area (Å²) in [5, 5.41) is 10.9. The molecule has 0 atom stereocenters. The number of hydrogen-bond acceptors (Lipinski definition) is 5. The van der Waals surface area contributed by atoms with Gasteiger partial charge in [-0.05, 0) is 31.0 Å². The van der Waals surface area contributed by atoms with Crippen molar-refractivity contribution < 1.29 is 19.2 Å². The SMILES string of the molecule is CCc1ccccc1OCC(=O)NNC(=O)c1ccc(C)c([N+](=O)[O-])c1. The van der Waals surface area contributed by atoms with Crippen LogP contribution in [-0.2, 0) is 11.2 Å². The zero-order valence-electron chi connectivity index (χ0n) is 14.4. The summed E-state index contributed by atoms with van der Waals surface area (Å²) < 4.78 is 5.44. The van der Waals surface area contributed by atoms with Gasteiger partial charge in [0.25, 0.3) is 17.5 Å². The molecule has 26 heavy (non-hydrogen) atoms. The van der Waals surface area contributed by atoms with Crippen LogP contribution in [-0.4, -0.2) is 23.3 Å². The van der Waals surface area contributed by atoms with Gasteiger partial charge in [-0.1, -0.05) is 31.2 Å². The average Bonchev–Trinajstić information content (AvgIpc) is 2.64. The number of hydrazine groups is 1. The van der Waals surface area contributed by atoms with Crippen LogP contribution in [0.4, 0.5) is 5.69 Å². The highest BCUT2D eigenvalue weighted by Crippen LogP contribution is 2.19. The van der Waals surface area contributed by atoms with Gasteiger partial charge >= 0.3 is 0 Å². The molecule has 0 radical (unpaired) electrons. The van der Waals surface area contributed by atoms with Crippen molar-refractivity contribution in [3.05, 3.63) is 69.3 Å². The first-order chi connectivity index (χ1) is 12.4. The monoisotopic (exact) mass is 357 g/mol. The fraction of sp³-hybridized carbons (Fsp3) is 0.222. The maximum Gasteiger partial charge on any atom is 0.276 e. The van der Waals surface area contributed by atoms with E-state index >= 15 is 0 Å². The lowest BCUT2D eigenvalue weighted by Crippen LogP contribution is -2.43. The van der Waals surface area contributed by atoms with Crippen LogP contribution in [0.1, 0.15) is 28.4 Å². The quantitative estimate of drug-likeness (QED) is 0.609. The fourth-order valence-corrected chi connectivity index (χ4v) is 2.26. The van der Waals surface area contributed by atoms with Crippen LogP contribution < -0.4 is 15.6 Å². The van der Waals surface area contributed by atoms with Crippen LogP contribution in [0.5, 0.6) is 5.75 Å². The van der Waals surface area contributed by atoms with Gasteiger partial charge in [-0.25, -0.2) is 0 Å². The fourth-order valence-electron chi connectivity index (χ4n) is 2.26. The zero-order chi connectivity index (χ0) is 19.1. The summed E-state index contributed by atoms with van der Waals surface area (Å²) in [5.41, 5.74) is 5.74. The third-order valence-electron chi connectivity index (χ3n) is 3.70. The Morgan fingerprint density at radius 3 is 2.58 bits per heavy atom. The number of nitrogens with one attached hydrogen (secondary N) is 2. The minimum atomic E-state index is -0.657. The van der Waals surface area contributed by atoms with E-state index in [0.717, 1.165) is 18.1 Å². The van der Waals surface area contributed by atoms with Crippen molar-refractivity contribution in [2.75, 3.05) is 6.61 Å². The Bertz CT molecular complexity index is 835. The molecule has 0 unspecified atom stereocenters. The number of amides is 2. The number of hydrogen-bond donors (Lipinski definition) is 2. The zero-order valence-corrected chi connectivity index (χ0v) is 14.4. The molecule has 8 nitrogen and oxygen atoms in total. The highest BCUT2D eigenvalue weighted by Gasteiger charge is 2.15. The van der Waals surface area contributed by atoms with E-state index in [1.165, 1.54) is 12.1 Å². The summed E-state index contributed by atoms with van der Waals surface area (Å²) in [7, 11) is 0. The molecule has 8 heteroatoms. The first-order valence-corrected chi connectivity index (χ1v) is 7.97. The van der Waals surface area contributed by atoms with E-state index in [9.17, 15) is 19.7 Å². The van der Waals surface area contributed by atoms with Gasteiger partial charge in [0.15, 0.2) is 6.61 Å². The Kier molecular flexibility index (Phi) is 6.26. The third-order valence-corrected chi connectivity index (χ3v) is 3.70. The van der Waals surface area contributed by atoms with Gasteiger partial charge in [0.05, 0.1) is 4.92 Å². The van der Waals surface area contributed by atoms with E-state index in [4.69, 9.17) is 4.74 Å². The minimum absolute atomic E-state index is 0.0693. The molecular weight excluding hydrogens is 338 g/mol. The number of nitro groups is 1. The highest BCUT2D eigenvalue weighted by molar-refractivity contribution is 5.96. The van der Waals surface area contributed by atoms with Gasteiger partial charge in [0.2, 0.25) is 0 Å². The maximum absolute atomic E-state index is 12.0. The van der Waals surface area contributed by atoms with Crippen molar-refractivity contribution in [2.45, 2.75) is 20.3 Å². The Morgan fingerprint density at radius 2 is 1.88 bits per heavy atom. The number of nitrogens with zero attached hydrogens (tertiary/aromatic N) is 1. The van der Waals surface area contributed by atoms with Crippen molar-refractivity contribution in [1.29, 1.82) is 0 Å². The molecule has 2 rings (SSSR count). The van der Waals surface area contributed by atoms with Gasteiger partial charge in [-0.2, -0.15) is 0 Å². The van der Waals surface area contributed by atoms with E-state index in [1.807, 2.05) is 19.1 Å². The van der Waals surface area contributed by atoms with Gasteiger partial charge in [0, 0.05) is 17.2 Å². The van der Waals surface area contributed by atoms with Crippen LogP contribution in [0.2, 0.25) is 0 Å². The Labute approximate surface area is 150 Å². The Hall–Kier alpha value is -3.42. The normalized spacial score (nSPS) is 10.1. The number of nitro benzene ring substituents is 1. The second kappa shape index (κ2) is 8.61. The summed E-state index contributed by atoms with van der Waals surface area (Å²) in [6, 6.07) is 11.4. The number of carbonyl (C=O) groups excluding carboxylic acids is 2. The van der Waals surface area contributed by atoms with Crippen molar-refractivity contribution in [3.63, 3.8) is 0 Å². The smallest absolute Gasteiger partial charge is 0.276 e. The molecule has 2 N–H and O–H groups in total. The van der Waals surface area contributed by atoms with Gasteiger partial charge in [-0.3, -0.25) is 30.6 Å². The standard InChI is InChI=1S/C18H19N3O5/c1-3-13-6-4-5-7-16(13)26-11-17(22)19-20-18(23)14-9-8-12(2)15(10-14)21(24)25/h4-10H,3,11H2,1-2H3,(H,19,22)(H,20,23). The van der Waals surface area contributed by atoms with E-state index in [2.05, 4.69) is 10.9 Å². The summed E-state index contributed by atoms with van der Waals surface area (Å²) in [4.78, 5) is 34.2. The number of para-hydroxylation sites is 1. The number of carbonyl (C=O) groups is 2. The molecule has 0 aromatic heterocycles. The Balaban J connectivity index is 1.90. The first-order valence-electron chi connectivity index (χ1n) is 7.97. The Morgan fingerprint density at radius 1 is 1.15 bits per heavy atom. The van der Waals surface area contributed by atoms with Crippen LogP contribution in [0.3, 0.4) is 0 Å². The van der Waals surface area contributed by atoms with E-state index < -0.39 is 16.7 Å². The lowest BCUT2D eigenvalue weighted by atomic mass is 10.1. The molecule has 0 aliphatic heterocycles. The number of rotatable bonds is 6. The maximum atomic E-state index is 12.0.